The van der Waals surface area contributed by atoms with Crippen molar-refractivity contribution in [3.8, 4) is 5.75 Å². The number of aliphatic carboxylic acids is 1. The smallest absolute Gasteiger partial charge is 0.311 e. The van der Waals surface area contributed by atoms with Gasteiger partial charge in [0.1, 0.15) is 5.75 Å². The zero-order valence-corrected chi connectivity index (χ0v) is 12.9. The molecule has 0 saturated heterocycles. The van der Waals surface area contributed by atoms with Gasteiger partial charge in [-0.2, -0.15) is 0 Å². The predicted molar refractivity (Wildman–Crippen MR) is 81.2 cm³/mol. The standard InChI is InChI=1S/C17H26O3/c1-5-6-13(4)16(17(18)19)14-7-9-15(10-8-14)20-11-12(2)3/h7-10,12-13,16H,5-6,11H2,1-4H3,(H,18,19). The minimum absolute atomic E-state index is 0.139. The van der Waals surface area contributed by atoms with Crippen molar-refractivity contribution in [3.63, 3.8) is 0 Å². The molecule has 0 heterocycles. The van der Waals surface area contributed by atoms with Crippen molar-refractivity contribution in [2.45, 2.75) is 46.5 Å². The van der Waals surface area contributed by atoms with Crippen LogP contribution in [-0.4, -0.2) is 17.7 Å². The lowest BCUT2D eigenvalue weighted by atomic mass is 9.84. The average Bonchev–Trinajstić information content (AvgIpc) is 2.38. The number of carboxylic acid groups (broad SMARTS) is 1. The number of benzene rings is 1. The summed E-state index contributed by atoms with van der Waals surface area (Å²) in [5.74, 6) is 0.233. The van der Waals surface area contributed by atoms with Crippen molar-refractivity contribution in [2.24, 2.45) is 11.8 Å². The third kappa shape index (κ3) is 4.87. The van der Waals surface area contributed by atoms with Gasteiger partial charge in [0, 0.05) is 0 Å². The largest absolute Gasteiger partial charge is 0.493 e. The molecule has 3 nitrogen and oxygen atoms in total. The average molecular weight is 278 g/mol. The van der Waals surface area contributed by atoms with Crippen LogP contribution in [0.15, 0.2) is 24.3 Å². The van der Waals surface area contributed by atoms with E-state index in [-0.39, 0.29) is 5.92 Å². The Morgan fingerprint density at radius 2 is 1.80 bits per heavy atom. The van der Waals surface area contributed by atoms with Gasteiger partial charge in [-0.3, -0.25) is 4.79 Å². The fourth-order valence-electron chi connectivity index (χ4n) is 2.37. The van der Waals surface area contributed by atoms with Gasteiger partial charge in [-0.1, -0.05) is 46.2 Å². The monoisotopic (exact) mass is 278 g/mol. The van der Waals surface area contributed by atoms with Gasteiger partial charge in [0.25, 0.3) is 0 Å². The second-order valence-corrected chi connectivity index (χ2v) is 5.86. The molecule has 1 N–H and O–H groups in total. The molecule has 2 atom stereocenters. The number of carbonyl (C=O) groups is 1. The molecule has 0 saturated carbocycles. The number of hydrogen-bond acceptors (Lipinski definition) is 2. The first-order valence-corrected chi connectivity index (χ1v) is 7.41. The van der Waals surface area contributed by atoms with E-state index in [0.717, 1.165) is 24.2 Å². The molecule has 0 aromatic heterocycles. The Kier molecular flexibility index (Phi) is 6.56. The molecule has 0 amide bonds. The molecule has 0 aliphatic carbocycles. The Labute approximate surface area is 122 Å². The van der Waals surface area contributed by atoms with Crippen molar-refractivity contribution >= 4 is 5.97 Å². The summed E-state index contributed by atoms with van der Waals surface area (Å²) >= 11 is 0. The van der Waals surface area contributed by atoms with E-state index in [2.05, 4.69) is 20.8 Å². The molecular weight excluding hydrogens is 252 g/mol. The lowest BCUT2D eigenvalue weighted by Gasteiger charge is -2.20. The molecule has 1 aromatic rings. The molecule has 0 spiro atoms. The van der Waals surface area contributed by atoms with Gasteiger partial charge in [-0.05, 0) is 36.0 Å². The molecule has 1 rings (SSSR count). The van der Waals surface area contributed by atoms with E-state index in [9.17, 15) is 9.90 Å². The third-order valence-corrected chi connectivity index (χ3v) is 3.40. The quantitative estimate of drug-likeness (QED) is 0.770. The molecule has 2 unspecified atom stereocenters. The molecule has 0 aliphatic rings. The lowest BCUT2D eigenvalue weighted by molar-refractivity contribution is -0.140. The van der Waals surface area contributed by atoms with Crippen LogP contribution >= 0.6 is 0 Å². The lowest BCUT2D eigenvalue weighted by Crippen LogP contribution is -2.19. The van der Waals surface area contributed by atoms with Crippen LogP contribution in [0.25, 0.3) is 0 Å². The minimum Gasteiger partial charge on any atom is -0.493 e. The van der Waals surface area contributed by atoms with Crippen molar-refractivity contribution in [1.29, 1.82) is 0 Å². The van der Waals surface area contributed by atoms with Crippen LogP contribution in [-0.2, 0) is 4.79 Å². The predicted octanol–water partition coefficient (Wildman–Crippen LogP) is 4.33. The third-order valence-electron chi connectivity index (χ3n) is 3.40. The highest BCUT2D eigenvalue weighted by Gasteiger charge is 2.25. The van der Waals surface area contributed by atoms with E-state index in [4.69, 9.17) is 4.74 Å². The van der Waals surface area contributed by atoms with Gasteiger partial charge < -0.3 is 9.84 Å². The molecule has 0 fully saturated rings. The van der Waals surface area contributed by atoms with Crippen LogP contribution in [0.5, 0.6) is 5.75 Å². The molecule has 0 bridgehead atoms. The molecular formula is C17H26O3. The highest BCUT2D eigenvalue weighted by molar-refractivity contribution is 5.76. The van der Waals surface area contributed by atoms with Gasteiger partial charge in [-0.25, -0.2) is 0 Å². The van der Waals surface area contributed by atoms with Crippen LogP contribution in [0.2, 0.25) is 0 Å². The molecule has 0 aliphatic heterocycles. The summed E-state index contributed by atoms with van der Waals surface area (Å²) < 4.78 is 5.62. The Morgan fingerprint density at radius 3 is 2.25 bits per heavy atom. The van der Waals surface area contributed by atoms with Gasteiger partial charge >= 0.3 is 5.97 Å². The zero-order valence-electron chi connectivity index (χ0n) is 12.9. The van der Waals surface area contributed by atoms with Crippen LogP contribution in [0, 0.1) is 11.8 Å². The Balaban J connectivity index is 2.80. The topological polar surface area (TPSA) is 46.5 Å². The van der Waals surface area contributed by atoms with Crippen molar-refractivity contribution in [1.82, 2.24) is 0 Å². The van der Waals surface area contributed by atoms with Crippen LogP contribution in [0.1, 0.15) is 52.0 Å². The first-order valence-electron chi connectivity index (χ1n) is 7.41. The summed E-state index contributed by atoms with van der Waals surface area (Å²) in [7, 11) is 0. The SMILES string of the molecule is CCCC(C)C(C(=O)O)c1ccc(OCC(C)C)cc1. The van der Waals surface area contributed by atoms with E-state index in [1.54, 1.807) is 0 Å². The Hall–Kier alpha value is -1.51. The highest BCUT2D eigenvalue weighted by Crippen LogP contribution is 2.29. The minimum atomic E-state index is -0.748. The fourth-order valence-corrected chi connectivity index (χ4v) is 2.37. The van der Waals surface area contributed by atoms with Crippen molar-refractivity contribution < 1.29 is 14.6 Å². The number of rotatable bonds is 8. The molecule has 0 radical (unpaired) electrons. The Morgan fingerprint density at radius 1 is 1.20 bits per heavy atom. The van der Waals surface area contributed by atoms with Crippen molar-refractivity contribution in [3.05, 3.63) is 29.8 Å². The summed E-state index contributed by atoms with van der Waals surface area (Å²) in [6.07, 6.45) is 1.92. The molecule has 1 aromatic carbocycles. The van der Waals surface area contributed by atoms with Crippen LogP contribution in [0.3, 0.4) is 0 Å². The first-order chi connectivity index (χ1) is 9.45. The number of ether oxygens (including phenoxy) is 1. The second-order valence-electron chi connectivity index (χ2n) is 5.86. The van der Waals surface area contributed by atoms with Crippen molar-refractivity contribution in [2.75, 3.05) is 6.61 Å². The molecule has 3 heteroatoms. The Bertz CT molecular complexity index is 409. The normalized spacial score (nSPS) is 14.1. The maximum atomic E-state index is 11.5. The van der Waals surface area contributed by atoms with Gasteiger partial charge in [-0.15, -0.1) is 0 Å². The highest BCUT2D eigenvalue weighted by atomic mass is 16.5. The van der Waals surface area contributed by atoms with E-state index >= 15 is 0 Å². The van der Waals surface area contributed by atoms with E-state index in [1.807, 2.05) is 31.2 Å². The maximum absolute atomic E-state index is 11.5. The summed E-state index contributed by atoms with van der Waals surface area (Å²) in [5.41, 5.74) is 0.857. The maximum Gasteiger partial charge on any atom is 0.311 e. The van der Waals surface area contributed by atoms with Gasteiger partial charge in [0.2, 0.25) is 0 Å². The second kappa shape index (κ2) is 7.93. The van der Waals surface area contributed by atoms with Gasteiger partial charge in [0.15, 0.2) is 0 Å². The summed E-state index contributed by atoms with van der Waals surface area (Å²) in [6.45, 7) is 8.96. The summed E-state index contributed by atoms with van der Waals surface area (Å²) in [6, 6.07) is 7.49. The molecule has 112 valence electrons. The van der Waals surface area contributed by atoms with Gasteiger partial charge in [0.05, 0.1) is 12.5 Å². The van der Waals surface area contributed by atoms with E-state index in [0.29, 0.717) is 12.5 Å². The number of hydrogen-bond donors (Lipinski definition) is 1. The molecule has 20 heavy (non-hydrogen) atoms. The first kappa shape index (κ1) is 16.5. The van der Waals surface area contributed by atoms with E-state index in [1.165, 1.54) is 0 Å². The number of carboxylic acids is 1. The fraction of sp³-hybridized carbons (Fsp3) is 0.588. The van der Waals surface area contributed by atoms with Crippen LogP contribution in [0.4, 0.5) is 0 Å². The summed E-state index contributed by atoms with van der Waals surface area (Å²) in [4.78, 5) is 11.5. The van der Waals surface area contributed by atoms with E-state index < -0.39 is 11.9 Å². The van der Waals surface area contributed by atoms with Crippen LogP contribution < -0.4 is 4.74 Å². The zero-order chi connectivity index (χ0) is 15.1. The summed E-state index contributed by atoms with van der Waals surface area (Å²) in [5, 5.41) is 9.44.